The highest BCUT2D eigenvalue weighted by molar-refractivity contribution is 5.86. The van der Waals surface area contributed by atoms with Crippen LogP contribution in [0.4, 0.5) is 0 Å². The molecule has 0 heterocycles. The standard InChI is InChI=1S/C15H24N2O2/c1-5-15(14(16)18,17-10-11(2)3)12-6-8-13(19-4)9-7-12/h6-9,11,17H,5,10H2,1-4H3,(H2,16,18). The first kappa shape index (κ1) is 15.5. The summed E-state index contributed by atoms with van der Waals surface area (Å²) in [5, 5.41) is 3.32. The van der Waals surface area contributed by atoms with Crippen LogP contribution in [0.3, 0.4) is 0 Å². The summed E-state index contributed by atoms with van der Waals surface area (Å²) >= 11 is 0. The van der Waals surface area contributed by atoms with Crippen molar-refractivity contribution in [3.63, 3.8) is 0 Å². The van der Waals surface area contributed by atoms with Crippen molar-refractivity contribution in [2.24, 2.45) is 11.7 Å². The average molecular weight is 264 g/mol. The number of carbonyl (C=O) groups excluding carboxylic acids is 1. The number of nitrogens with two attached hydrogens (primary N) is 1. The number of benzene rings is 1. The second kappa shape index (κ2) is 6.57. The van der Waals surface area contributed by atoms with Gasteiger partial charge in [0.2, 0.25) is 5.91 Å². The Hall–Kier alpha value is -1.55. The van der Waals surface area contributed by atoms with Gasteiger partial charge in [-0.25, -0.2) is 0 Å². The van der Waals surface area contributed by atoms with E-state index in [0.29, 0.717) is 12.3 Å². The summed E-state index contributed by atoms with van der Waals surface area (Å²) in [5.74, 6) is 0.867. The van der Waals surface area contributed by atoms with Crippen LogP contribution in [-0.4, -0.2) is 19.6 Å². The van der Waals surface area contributed by atoms with Crippen LogP contribution in [0.1, 0.15) is 32.8 Å². The first-order chi connectivity index (χ1) is 8.96. The zero-order chi connectivity index (χ0) is 14.5. The molecule has 0 bridgehead atoms. The van der Waals surface area contributed by atoms with Crippen molar-refractivity contribution in [1.29, 1.82) is 0 Å². The van der Waals surface area contributed by atoms with E-state index < -0.39 is 5.54 Å². The van der Waals surface area contributed by atoms with Gasteiger partial charge in [0.15, 0.2) is 0 Å². The maximum atomic E-state index is 11.9. The SMILES string of the molecule is CCC(NCC(C)C)(C(N)=O)c1ccc(OC)cc1. The highest BCUT2D eigenvalue weighted by Crippen LogP contribution is 2.27. The monoisotopic (exact) mass is 264 g/mol. The third kappa shape index (κ3) is 3.47. The summed E-state index contributed by atoms with van der Waals surface area (Å²) in [6.45, 7) is 6.90. The molecule has 1 amide bonds. The number of ether oxygens (including phenoxy) is 1. The Morgan fingerprint density at radius 3 is 2.32 bits per heavy atom. The summed E-state index contributed by atoms with van der Waals surface area (Å²) in [4.78, 5) is 11.9. The fourth-order valence-corrected chi connectivity index (χ4v) is 2.09. The Labute approximate surface area is 115 Å². The number of hydrogen-bond donors (Lipinski definition) is 2. The molecule has 1 aromatic carbocycles. The van der Waals surface area contributed by atoms with Gasteiger partial charge in [-0.05, 0) is 36.6 Å². The van der Waals surface area contributed by atoms with Gasteiger partial charge in [-0.3, -0.25) is 10.1 Å². The number of amides is 1. The van der Waals surface area contributed by atoms with Crippen LogP contribution in [0.25, 0.3) is 0 Å². The van der Waals surface area contributed by atoms with Crippen molar-refractivity contribution >= 4 is 5.91 Å². The topological polar surface area (TPSA) is 64.3 Å². The molecule has 0 radical (unpaired) electrons. The highest BCUT2D eigenvalue weighted by atomic mass is 16.5. The van der Waals surface area contributed by atoms with Gasteiger partial charge in [-0.15, -0.1) is 0 Å². The maximum absolute atomic E-state index is 11.9. The highest BCUT2D eigenvalue weighted by Gasteiger charge is 2.36. The van der Waals surface area contributed by atoms with Crippen LogP contribution in [0.2, 0.25) is 0 Å². The summed E-state index contributed by atoms with van der Waals surface area (Å²) < 4.78 is 5.14. The molecule has 19 heavy (non-hydrogen) atoms. The number of nitrogens with one attached hydrogen (secondary N) is 1. The van der Waals surface area contributed by atoms with E-state index in [-0.39, 0.29) is 5.91 Å². The molecule has 0 fully saturated rings. The lowest BCUT2D eigenvalue weighted by Gasteiger charge is -2.32. The van der Waals surface area contributed by atoms with E-state index >= 15 is 0 Å². The molecule has 3 N–H and O–H groups in total. The van der Waals surface area contributed by atoms with Gasteiger partial charge in [-0.1, -0.05) is 32.9 Å². The maximum Gasteiger partial charge on any atom is 0.242 e. The third-order valence-electron chi connectivity index (χ3n) is 3.35. The molecule has 1 atom stereocenters. The van der Waals surface area contributed by atoms with Crippen LogP contribution in [-0.2, 0) is 10.3 Å². The van der Waals surface area contributed by atoms with E-state index in [0.717, 1.165) is 17.9 Å². The summed E-state index contributed by atoms with van der Waals surface area (Å²) in [6, 6.07) is 7.47. The molecule has 1 unspecified atom stereocenters. The lowest BCUT2D eigenvalue weighted by Crippen LogP contribution is -2.53. The van der Waals surface area contributed by atoms with Crippen LogP contribution in [0, 0.1) is 5.92 Å². The largest absolute Gasteiger partial charge is 0.497 e. The van der Waals surface area contributed by atoms with Crippen molar-refractivity contribution in [3.8, 4) is 5.75 Å². The van der Waals surface area contributed by atoms with E-state index in [4.69, 9.17) is 10.5 Å². The Bertz CT molecular complexity index is 415. The molecule has 0 spiro atoms. The predicted octanol–water partition coefficient (Wildman–Crippen LogP) is 2.03. The van der Waals surface area contributed by atoms with Gasteiger partial charge in [-0.2, -0.15) is 0 Å². The molecule has 1 aromatic rings. The average Bonchev–Trinajstić information content (AvgIpc) is 2.40. The van der Waals surface area contributed by atoms with Gasteiger partial charge in [0, 0.05) is 0 Å². The van der Waals surface area contributed by atoms with Crippen molar-refractivity contribution < 1.29 is 9.53 Å². The summed E-state index contributed by atoms with van der Waals surface area (Å²) in [7, 11) is 1.62. The lowest BCUT2D eigenvalue weighted by atomic mass is 9.86. The zero-order valence-corrected chi connectivity index (χ0v) is 12.2. The second-order valence-corrected chi connectivity index (χ2v) is 5.13. The van der Waals surface area contributed by atoms with Gasteiger partial charge >= 0.3 is 0 Å². The predicted molar refractivity (Wildman–Crippen MR) is 77.0 cm³/mol. The van der Waals surface area contributed by atoms with Crippen LogP contribution in [0.15, 0.2) is 24.3 Å². The molecular weight excluding hydrogens is 240 g/mol. The number of hydrogen-bond acceptors (Lipinski definition) is 3. The fourth-order valence-electron chi connectivity index (χ4n) is 2.09. The van der Waals surface area contributed by atoms with E-state index in [2.05, 4.69) is 19.2 Å². The van der Waals surface area contributed by atoms with Gasteiger partial charge in [0.25, 0.3) is 0 Å². The van der Waals surface area contributed by atoms with E-state index in [1.165, 1.54) is 0 Å². The minimum Gasteiger partial charge on any atom is -0.497 e. The molecule has 0 aromatic heterocycles. The molecular formula is C15H24N2O2. The molecule has 106 valence electrons. The number of primary amides is 1. The number of rotatable bonds is 7. The van der Waals surface area contributed by atoms with Crippen LogP contribution in [0.5, 0.6) is 5.75 Å². The molecule has 0 aliphatic heterocycles. The fraction of sp³-hybridized carbons (Fsp3) is 0.533. The summed E-state index contributed by atoms with van der Waals surface area (Å²) in [5.41, 5.74) is 5.71. The van der Waals surface area contributed by atoms with Crippen molar-refractivity contribution in [2.45, 2.75) is 32.7 Å². The Kier molecular flexibility index (Phi) is 5.36. The van der Waals surface area contributed by atoms with E-state index in [1.54, 1.807) is 7.11 Å². The van der Waals surface area contributed by atoms with E-state index in [9.17, 15) is 4.79 Å². The molecule has 4 heteroatoms. The smallest absolute Gasteiger partial charge is 0.242 e. The normalized spacial score (nSPS) is 14.2. The first-order valence-corrected chi connectivity index (χ1v) is 6.65. The van der Waals surface area contributed by atoms with E-state index in [1.807, 2.05) is 31.2 Å². The Balaban J connectivity index is 3.09. The number of methoxy groups -OCH3 is 1. The molecule has 1 rings (SSSR count). The second-order valence-electron chi connectivity index (χ2n) is 5.13. The summed E-state index contributed by atoms with van der Waals surface area (Å²) in [6.07, 6.45) is 0.612. The minimum atomic E-state index is -0.809. The van der Waals surface area contributed by atoms with Crippen molar-refractivity contribution in [3.05, 3.63) is 29.8 Å². The quantitative estimate of drug-likeness (QED) is 0.792. The Morgan fingerprint density at radius 1 is 1.37 bits per heavy atom. The zero-order valence-electron chi connectivity index (χ0n) is 12.2. The molecule has 0 aliphatic carbocycles. The first-order valence-electron chi connectivity index (χ1n) is 6.65. The van der Waals surface area contributed by atoms with Crippen LogP contribution >= 0.6 is 0 Å². The van der Waals surface area contributed by atoms with Crippen molar-refractivity contribution in [1.82, 2.24) is 5.32 Å². The lowest BCUT2D eigenvalue weighted by molar-refractivity contribution is -0.125. The molecule has 0 aliphatic rings. The Morgan fingerprint density at radius 2 is 1.95 bits per heavy atom. The van der Waals surface area contributed by atoms with Gasteiger partial charge in [0.1, 0.15) is 11.3 Å². The molecule has 0 saturated heterocycles. The van der Waals surface area contributed by atoms with Gasteiger partial charge < -0.3 is 10.5 Å². The van der Waals surface area contributed by atoms with Crippen LogP contribution < -0.4 is 15.8 Å². The van der Waals surface area contributed by atoms with Gasteiger partial charge in [0.05, 0.1) is 7.11 Å². The molecule has 4 nitrogen and oxygen atoms in total. The minimum absolute atomic E-state index is 0.346. The van der Waals surface area contributed by atoms with Crippen molar-refractivity contribution in [2.75, 3.05) is 13.7 Å². The molecule has 0 saturated carbocycles. The number of carbonyl (C=O) groups is 1. The third-order valence-corrected chi connectivity index (χ3v) is 3.35.